The number of halogens is 4. The third kappa shape index (κ3) is 2.92. The maximum absolute atomic E-state index is 13.6. The molecule has 2 aromatic rings. The number of phenolic OH excluding ortho intramolecular Hbond substituents is 1. The lowest BCUT2D eigenvalue weighted by Gasteiger charge is -2.08. The van der Waals surface area contributed by atoms with Gasteiger partial charge in [-0.15, -0.1) is 0 Å². The van der Waals surface area contributed by atoms with E-state index >= 15 is 0 Å². The molecule has 0 amide bonds. The minimum atomic E-state index is -0.966. The van der Waals surface area contributed by atoms with Crippen LogP contribution >= 0.6 is 0 Å². The zero-order valence-electron chi connectivity index (χ0n) is 10.7. The van der Waals surface area contributed by atoms with E-state index in [0.717, 1.165) is 6.07 Å². The zero-order chi connectivity index (χ0) is 14.9. The van der Waals surface area contributed by atoms with Crippen LogP contribution in [0.15, 0.2) is 24.3 Å². The van der Waals surface area contributed by atoms with Gasteiger partial charge < -0.3 is 5.11 Å². The summed E-state index contributed by atoms with van der Waals surface area (Å²) < 4.78 is 53.8. The molecule has 0 aliphatic carbocycles. The van der Waals surface area contributed by atoms with Gasteiger partial charge in [-0.25, -0.2) is 17.6 Å². The van der Waals surface area contributed by atoms with Crippen molar-refractivity contribution in [3.8, 4) is 5.75 Å². The van der Waals surface area contributed by atoms with Gasteiger partial charge in [-0.1, -0.05) is 0 Å². The van der Waals surface area contributed by atoms with Crippen molar-refractivity contribution in [2.45, 2.75) is 19.8 Å². The number of benzene rings is 2. The van der Waals surface area contributed by atoms with Crippen molar-refractivity contribution in [3.05, 3.63) is 64.2 Å². The van der Waals surface area contributed by atoms with Crippen molar-refractivity contribution in [1.29, 1.82) is 0 Å². The molecule has 1 nitrogen and oxygen atoms in total. The predicted octanol–water partition coefficient (Wildman–Crippen LogP) is 4.04. The molecule has 0 heterocycles. The van der Waals surface area contributed by atoms with Crippen molar-refractivity contribution >= 4 is 0 Å². The van der Waals surface area contributed by atoms with Crippen LogP contribution in [-0.4, -0.2) is 5.11 Å². The van der Waals surface area contributed by atoms with Gasteiger partial charge in [0.15, 0.2) is 11.6 Å². The molecule has 0 aromatic heterocycles. The van der Waals surface area contributed by atoms with Crippen molar-refractivity contribution in [1.82, 2.24) is 0 Å². The number of phenols is 1. The molecule has 0 aliphatic rings. The second-order valence-corrected chi connectivity index (χ2v) is 4.60. The van der Waals surface area contributed by atoms with Crippen LogP contribution in [0.3, 0.4) is 0 Å². The van der Waals surface area contributed by atoms with Gasteiger partial charge in [0.25, 0.3) is 0 Å². The summed E-state index contributed by atoms with van der Waals surface area (Å²) in [7, 11) is 0. The summed E-state index contributed by atoms with van der Waals surface area (Å²) in [6.45, 7) is 1.56. The predicted molar refractivity (Wildman–Crippen MR) is 66.5 cm³/mol. The molecule has 0 atom stereocenters. The fourth-order valence-corrected chi connectivity index (χ4v) is 2.00. The fourth-order valence-electron chi connectivity index (χ4n) is 2.00. The van der Waals surface area contributed by atoms with Gasteiger partial charge in [0.2, 0.25) is 0 Å². The second kappa shape index (κ2) is 5.53. The maximum atomic E-state index is 13.6. The number of rotatable bonds is 3. The first-order valence-corrected chi connectivity index (χ1v) is 6.00. The largest absolute Gasteiger partial charge is 0.505 e. The number of hydrogen-bond acceptors (Lipinski definition) is 1. The molecule has 0 saturated heterocycles. The lowest BCUT2D eigenvalue weighted by atomic mass is 10.0. The molecule has 0 unspecified atom stereocenters. The van der Waals surface area contributed by atoms with Gasteiger partial charge in [-0.3, -0.25) is 0 Å². The maximum Gasteiger partial charge on any atom is 0.165 e. The molecule has 0 saturated carbocycles. The van der Waals surface area contributed by atoms with Gasteiger partial charge in [0.05, 0.1) is 0 Å². The van der Waals surface area contributed by atoms with Gasteiger partial charge in [0, 0.05) is 11.6 Å². The molecule has 0 bridgehead atoms. The number of hydrogen-bond donors (Lipinski definition) is 1. The van der Waals surface area contributed by atoms with Crippen LogP contribution in [-0.2, 0) is 12.8 Å². The lowest BCUT2D eigenvalue weighted by Crippen LogP contribution is -2.02. The highest BCUT2D eigenvalue weighted by atomic mass is 19.1. The monoisotopic (exact) mass is 284 g/mol. The standard InChI is InChI=1S/C15H12F4O/c1-8-4-12(17)10(13(18)5-8)3-2-9-6-14(19)15(20)7-11(9)16/h4-7,20H,2-3H2,1H3. The SMILES string of the molecule is Cc1cc(F)c(CCc2cc(F)c(O)cc2F)c(F)c1. The summed E-state index contributed by atoms with van der Waals surface area (Å²) in [5.74, 6) is -3.98. The molecule has 0 aliphatic heterocycles. The third-order valence-electron chi connectivity index (χ3n) is 3.05. The molecule has 2 rings (SSSR count). The summed E-state index contributed by atoms with van der Waals surface area (Å²) >= 11 is 0. The van der Waals surface area contributed by atoms with Crippen LogP contribution in [0.25, 0.3) is 0 Å². The highest BCUT2D eigenvalue weighted by Gasteiger charge is 2.13. The first-order chi connectivity index (χ1) is 9.38. The van der Waals surface area contributed by atoms with Gasteiger partial charge in [0.1, 0.15) is 17.5 Å². The van der Waals surface area contributed by atoms with Crippen molar-refractivity contribution < 1.29 is 22.7 Å². The summed E-state index contributed by atoms with van der Waals surface area (Å²) in [5.41, 5.74) is 0.244. The highest BCUT2D eigenvalue weighted by molar-refractivity contribution is 5.31. The molecule has 106 valence electrons. The molecular weight excluding hydrogens is 272 g/mol. The van der Waals surface area contributed by atoms with Crippen LogP contribution in [0.5, 0.6) is 5.75 Å². The quantitative estimate of drug-likeness (QED) is 0.843. The van der Waals surface area contributed by atoms with E-state index in [-0.39, 0.29) is 24.0 Å². The normalized spacial score (nSPS) is 10.8. The average Bonchev–Trinajstić information content (AvgIpc) is 2.33. The number of aryl methyl sites for hydroxylation is 2. The summed E-state index contributed by atoms with van der Waals surface area (Å²) in [5, 5.41) is 8.99. The molecular formula is C15H12F4O. The van der Waals surface area contributed by atoms with E-state index in [4.69, 9.17) is 5.11 Å². The molecule has 20 heavy (non-hydrogen) atoms. The van der Waals surface area contributed by atoms with E-state index in [0.29, 0.717) is 11.6 Å². The Labute approximate surface area is 113 Å². The first-order valence-electron chi connectivity index (χ1n) is 6.00. The molecule has 0 spiro atoms. The average molecular weight is 284 g/mol. The van der Waals surface area contributed by atoms with E-state index in [1.165, 1.54) is 12.1 Å². The summed E-state index contributed by atoms with van der Waals surface area (Å²) in [6, 6.07) is 3.85. The van der Waals surface area contributed by atoms with Crippen LogP contribution in [0.2, 0.25) is 0 Å². The summed E-state index contributed by atoms with van der Waals surface area (Å²) in [6.07, 6.45) is -0.168. The molecule has 2 aromatic carbocycles. The zero-order valence-corrected chi connectivity index (χ0v) is 10.7. The summed E-state index contributed by atoms with van der Waals surface area (Å²) in [4.78, 5) is 0. The Balaban J connectivity index is 2.23. The van der Waals surface area contributed by atoms with Crippen molar-refractivity contribution in [3.63, 3.8) is 0 Å². The van der Waals surface area contributed by atoms with Crippen LogP contribution in [0.1, 0.15) is 16.7 Å². The minimum absolute atomic E-state index is 0.0420. The van der Waals surface area contributed by atoms with Gasteiger partial charge >= 0.3 is 0 Å². The highest BCUT2D eigenvalue weighted by Crippen LogP contribution is 2.23. The lowest BCUT2D eigenvalue weighted by molar-refractivity contribution is 0.424. The van der Waals surface area contributed by atoms with E-state index in [1.54, 1.807) is 6.92 Å². The molecule has 5 heteroatoms. The van der Waals surface area contributed by atoms with Crippen molar-refractivity contribution in [2.24, 2.45) is 0 Å². The van der Waals surface area contributed by atoms with E-state index in [2.05, 4.69) is 0 Å². The van der Waals surface area contributed by atoms with Crippen molar-refractivity contribution in [2.75, 3.05) is 0 Å². The Morgan fingerprint density at radius 1 is 0.800 bits per heavy atom. The van der Waals surface area contributed by atoms with Gasteiger partial charge in [-0.2, -0.15) is 0 Å². The Bertz CT molecular complexity index is 630. The Morgan fingerprint density at radius 3 is 2.00 bits per heavy atom. The van der Waals surface area contributed by atoms with Crippen LogP contribution in [0.4, 0.5) is 17.6 Å². The Hall–Kier alpha value is -2.04. The van der Waals surface area contributed by atoms with Crippen LogP contribution in [0, 0.1) is 30.2 Å². The Kier molecular flexibility index (Phi) is 3.97. The Morgan fingerprint density at radius 2 is 1.40 bits per heavy atom. The van der Waals surface area contributed by atoms with E-state index in [1.807, 2.05) is 0 Å². The van der Waals surface area contributed by atoms with E-state index in [9.17, 15) is 17.6 Å². The minimum Gasteiger partial charge on any atom is -0.505 e. The van der Waals surface area contributed by atoms with E-state index < -0.39 is 29.0 Å². The molecule has 1 N–H and O–H groups in total. The fraction of sp³-hybridized carbons (Fsp3) is 0.200. The third-order valence-corrected chi connectivity index (χ3v) is 3.05. The topological polar surface area (TPSA) is 20.2 Å². The van der Waals surface area contributed by atoms with Gasteiger partial charge in [-0.05, 0) is 49.1 Å². The number of aromatic hydroxyl groups is 1. The first kappa shape index (κ1) is 14.4. The molecule has 0 fully saturated rings. The van der Waals surface area contributed by atoms with Crippen LogP contribution < -0.4 is 0 Å². The molecule has 0 radical (unpaired) electrons. The second-order valence-electron chi connectivity index (χ2n) is 4.60. The smallest absolute Gasteiger partial charge is 0.165 e.